The second-order valence-electron chi connectivity index (χ2n) is 1.47. The van der Waals surface area contributed by atoms with E-state index in [1.807, 2.05) is 0 Å². The number of hydrogen-bond acceptors (Lipinski definition) is 4. The first-order valence-electron chi connectivity index (χ1n) is 2.80. The van der Waals surface area contributed by atoms with Gasteiger partial charge in [-0.2, -0.15) is 0 Å². The molecule has 0 aromatic carbocycles. The highest BCUT2D eigenvalue weighted by atomic mass is 16.6. The van der Waals surface area contributed by atoms with Gasteiger partial charge >= 0.3 is 11.9 Å². The molecule has 0 saturated carbocycles. The molecule has 60 valence electrons. The van der Waals surface area contributed by atoms with Gasteiger partial charge in [0, 0.05) is 6.08 Å². The van der Waals surface area contributed by atoms with Crippen LogP contribution in [0, 0.1) is 0 Å². The molecule has 0 amide bonds. The first-order chi connectivity index (χ1) is 5.20. The van der Waals surface area contributed by atoms with E-state index in [0.717, 1.165) is 12.3 Å². The van der Waals surface area contributed by atoms with Crippen molar-refractivity contribution >= 4 is 11.9 Å². The fraction of sp³-hybridized carbons (Fsp3) is 0.143. The van der Waals surface area contributed by atoms with Gasteiger partial charge in [-0.3, -0.25) is 0 Å². The van der Waals surface area contributed by atoms with Crippen LogP contribution in [0.15, 0.2) is 25.5 Å². The summed E-state index contributed by atoms with van der Waals surface area (Å²) < 4.78 is 8.58. The van der Waals surface area contributed by atoms with Crippen molar-refractivity contribution in [3.8, 4) is 0 Å². The standard InChI is InChI=1S/C7H8O4/c1-3-6(8)11-5-7(9)10-4-2/h3-4H,1-2,5H2. The van der Waals surface area contributed by atoms with Crippen molar-refractivity contribution < 1.29 is 19.1 Å². The zero-order valence-corrected chi connectivity index (χ0v) is 5.91. The molecule has 0 bridgehead atoms. The predicted octanol–water partition coefficient (Wildman–Crippen LogP) is 0.402. The molecule has 0 heterocycles. The molecular weight excluding hydrogens is 148 g/mol. The molecule has 0 aromatic heterocycles. The Bertz CT molecular complexity index is 183. The molecule has 11 heavy (non-hydrogen) atoms. The molecule has 0 rings (SSSR count). The Hall–Kier alpha value is -1.58. The predicted molar refractivity (Wildman–Crippen MR) is 37.4 cm³/mol. The Morgan fingerprint density at radius 3 is 2.45 bits per heavy atom. The maximum absolute atomic E-state index is 10.5. The molecular formula is C7H8O4. The monoisotopic (exact) mass is 156 g/mol. The van der Waals surface area contributed by atoms with Crippen LogP contribution in [-0.2, 0) is 19.1 Å². The topological polar surface area (TPSA) is 52.6 Å². The second-order valence-corrected chi connectivity index (χ2v) is 1.47. The highest BCUT2D eigenvalue weighted by molar-refractivity contribution is 5.83. The van der Waals surface area contributed by atoms with Crippen LogP contribution < -0.4 is 0 Å². The van der Waals surface area contributed by atoms with Crippen LogP contribution in [0.1, 0.15) is 0 Å². The molecule has 0 atom stereocenters. The van der Waals surface area contributed by atoms with Gasteiger partial charge in [0.2, 0.25) is 0 Å². The van der Waals surface area contributed by atoms with E-state index in [9.17, 15) is 9.59 Å². The average molecular weight is 156 g/mol. The van der Waals surface area contributed by atoms with Gasteiger partial charge in [-0.15, -0.1) is 0 Å². The maximum Gasteiger partial charge on any atom is 0.349 e. The number of esters is 2. The second kappa shape index (κ2) is 5.22. The van der Waals surface area contributed by atoms with Crippen LogP contribution in [0.2, 0.25) is 0 Å². The third kappa shape index (κ3) is 4.90. The molecule has 0 aromatic rings. The zero-order chi connectivity index (χ0) is 8.69. The molecule has 0 aliphatic heterocycles. The summed E-state index contributed by atoms with van der Waals surface area (Å²) in [7, 11) is 0. The van der Waals surface area contributed by atoms with E-state index >= 15 is 0 Å². The number of rotatable bonds is 4. The summed E-state index contributed by atoms with van der Waals surface area (Å²) in [5.41, 5.74) is 0. The molecule has 0 N–H and O–H groups in total. The van der Waals surface area contributed by atoms with Crippen molar-refractivity contribution in [2.24, 2.45) is 0 Å². The van der Waals surface area contributed by atoms with E-state index in [2.05, 4.69) is 22.6 Å². The Balaban J connectivity index is 3.53. The average Bonchev–Trinajstić information content (AvgIpc) is 2.01. The summed E-state index contributed by atoms with van der Waals surface area (Å²) in [5.74, 6) is -1.33. The van der Waals surface area contributed by atoms with Crippen molar-refractivity contribution in [2.75, 3.05) is 6.61 Å². The van der Waals surface area contributed by atoms with E-state index in [4.69, 9.17) is 0 Å². The molecule has 0 spiro atoms. The van der Waals surface area contributed by atoms with Crippen LogP contribution in [0.25, 0.3) is 0 Å². The Labute approximate surface area is 64.1 Å². The highest BCUT2D eigenvalue weighted by Gasteiger charge is 2.02. The zero-order valence-electron chi connectivity index (χ0n) is 5.91. The Morgan fingerprint density at radius 2 is 2.00 bits per heavy atom. The Morgan fingerprint density at radius 1 is 1.36 bits per heavy atom. The largest absolute Gasteiger partial charge is 0.451 e. The summed E-state index contributed by atoms with van der Waals surface area (Å²) >= 11 is 0. The van der Waals surface area contributed by atoms with E-state index in [1.54, 1.807) is 0 Å². The van der Waals surface area contributed by atoms with Crippen LogP contribution in [-0.4, -0.2) is 18.5 Å². The molecule has 4 nitrogen and oxygen atoms in total. The minimum atomic E-state index is -0.671. The smallest absolute Gasteiger partial charge is 0.349 e. The minimum absolute atomic E-state index is 0.420. The lowest BCUT2D eigenvalue weighted by Gasteiger charge is -1.98. The molecule has 0 aliphatic carbocycles. The molecule has 0 saturated heterocycles. The van der Waals surface area contributed by atoms with Crippen molar-refractivity contribution in [1.82, 2.24) is 0 Å². The summed E-state index contributed by atoms with van der Waals surface area (Å²) in [4.78, 5) is 20.8. The number of carbonyl (C=O) groups excluding carboxylic acids is 2. The van der Waals surface area contributed by atoms with Gasteiger partial charge in [-0.1, -0.05) is 13.2 Å². The van der Waals surface area contributed by atoms with Crippen molar-refractivity contribution in [3.63, 3.8) is 0 Å². The molecule has 0 aliphatic rings. The summed E-state index contributed by atoms with van der Waals surface area (Å²) in [6.07, 6.45) is 1.92. The van der Waals surface area contributed by atoms with E-state index in [1.165, 1.54) is 0 Å². The first-order valence-corrected chi connectivity index (χ1v) is 2.80. The van der Waals surface area contributed by atoms with Crippen LogP contribution in [0.5, 0.6) is 0 Å². The maximum atomic E-state index is 10.5. The van der Waals surface area contributed by atoms with Crippen LogP contribution in [0.3, 0.4) is 0 Å². The van der Waals surface area contributed by atoms with Gasteiger partial charge in [0.25, 0.3) is 0 Å². The van der Waals surface area contributed by atoms with Gasteiger partial charge in [0.15, 0.2) is 6.61 Å². The number of carbonyl (C=O) groups is 2. The van der Waals surface area contributed by atoms with Gasteiger partial charge < -0.3 is 9.47 Å². The first kappa shape index (κ1) is 9.42. The quantitative estimate of drug-likeness (QED) is 0.336. The number of ether oxygens (including phenoxy) is 2. The fourth-order valence-electron chi connectivity index (χ4n) is 0.316. The SMILES string of the molecule is C=COC(=O)COC(=O)C=C. The van der Waals surface area contributed by atoms with E-state index in [0.29, 0.717) is 0 Å². The molecule has 0 radical (unpaired) electrons. The van der Waals surface area contributed by atoms with E-state index < -0.39 is 18.5 Å². The van der Waals surface area contributed by atoms with Crippen LogP contribution in [0.4, 0.5) is 0 Å². The highest BCUT2D eigenvalue weighted by Crippen LogP contribution is 1.83. The van der Waals surface area contributed by atoms with Gasteiger partial charge in [0.05, 0.1) is 6.26 Å². The van der Waals surface area contributed by atoms with Crippen LogP contribution >= 0.6 is 0 Å². The third-order valence-electron chi connectivity index (χ3n) is 0.714. The lowest BCUT2D eigenvalue weighted by atomic mass is 10.6. The van der Waals surface area contributed by atoms with Crippen molar-refractivity contribution in [1.29, 1.82) is 0 Å². The minimum Gasteiger partial charge on any atom is -0.451 e. The van der Waals surface area contributed by atoms with Crippen molar-refractivity contribution in [2.45, 2.75) is 0 Å². The summed E-state index contributed by atoms with van der Waals surface area (Å²) in [5, 5.41) is 0. The fourth-order valence-corrected chi connectivity index (χ4v) is 0.316. The molecule has 4 heteroatoms. The molecule has 0 unspecified atom stereocenters. The summed E-state index contributed by atoms with van der Waals surface area (Å²) in [6.45, 7) is 5.86. The van der Waals surface area contributed by atoms with Gasteiger partial charge in [-0.05, 0) is 0 Å². The van der Waals surface area contributed by atoms with Gasteiger partial charge in [0.1, 0.15) is 0 Å². The lowest BCUT2D eigenvalue weighted by molar-refractivity contribution is -0.152. The van der Waals surface area contributed by atoms with Gasteiger partial charge in [-0.25, -0.2) is 9.59 Å². The molecule has 0 fully saturated rings. The summed E-state index contributed by atoms with van der Waals surface area (Å²) in [6, 6.07) is 0. The lowest BCUT2D eigenvalue weighted by Crippen LogP contribution is -2.12. The Kier molecular flexibility index (Phi) is 4.47. The van der Waals surface area contributed by atoms with Crippen molar-refractivity contribution in [3.05, 3.63) is 25.5 Å². The number of hydrogen-bond donors (Lipinski definition) is 0. The normalized spacial score (nSPS) is 8.00. The third-order valence-corrected chi connectivity index (χ3v) is 0.714. The van der Waals surface area contributed by atoms with E-state index in [-0.39, 0.29) is 0 Å².